The highest BCUT2D eigenvalue weighted by Gasteiger charge is 2.18. The van der Waals surface area contributed by atoms with Crippen molar-refractivity contribution in [1.29, 1.82) is 0 Å². The molecule has 0 aliphatic heterocycles. The molecule has 0 aliphatic carbocycles. The molecule has 0 radical (unpaired) electrons. The molecule has 0 bridgehead atoms. The summed E-state index contributed by atoms with van der Waals surface area (Å²) in [5.74, 6) is -1.26. The van der Waals surface area contributed by atoms with E-state index < -0.39 is 16.8 Å². The lowest BCUT2D eigenvalue weighted by Crippen LogP contribution is -2.09. The van der Waals surface area contributed by atoms with Gasteiger partial charge in [0.25, 0.3) is 5.69 Å². The Balaban J connectivity index is 1.87. The molecule has 0 unspecified atom stereocenters. The average Bonchev–Trinajstić information content (AvgIpc) is 3.30. The molecule has 3 rings (SSSR count). The zero-order chi connectivity index (χ0) is 19.4. The van der Waals surface area contributed by atoms with Crippen LogP contribution in [0.25, 0.3) is 16.5 Å². The van der Waals surface area contributed by atoms with Gasteiger partial charge in [0.05, 0.1) is 16.9 Å². The Hall–Kier alpha value is -3.72. The third-order valence-corrected chi connectivity index (χ3v) is 4.64. The van der Waals surface area contributed by atoms with E-state index in [0.717, 1.165) is 11.3 Å². The Labute approximate surface area is 156 Å². The van der Waals surface area contributed by atoms with Gasteiger partial charge < -0.3 is 14.8 Å². The third kappa shape index (κ3) is 4.28. The summed E-state index contributed by atoms with van der Waals surface area (Å²) in [6, 6.07) is 10.6. The summed E-state index contributed by atoms with van der Waals surface area (Å²) in [6.07, 6.45) is 4.13. The van der Waals surface area contributed by atoms with Gasteiger partial charge in [0.2, 0.25) is 5.91 Å². The fraction of sp³-hybridized carbons (Fsp3) is 0. The van der Waals surface area contributed by atoms with Crippen molar-refractivity contribution in [3.05, 3.63) is 75.6 Å². The fourth-order valence-corrected chi connectivity index (χ4v) is 3.22. The number of anilines is 1. The van der Waals surface area contributed by atoms with Crippen LogP contribution in [0.5, 0.6) is 0 Å². The van der Waals surface area contributed by atoms with Crippen LogP contribution in [0.1, 0.15) is 15.4 Å². The fourth-order valence-electron chi connectivity index (χ4n) is 2.28. The van der Waals surface area contributed by atoms with Crippen LogP contribution in [0.3, 0.4) is 0 Å². The molecule has 1 amide bonds. The van der Waals surface area contributed by atoms with E-state index >= 15 is 0 Å². The Kier molecular flexibility index (Phi) is 5.13. The van der Waals surface area contributed by atoms with Crippen molar-refractivity contribution in [3.8, 4) is 10.4 Å². The number of furan rings is 1. The van der Waals surface area contributed by atoms with E-state index in [2.05, 4.69) is 5.32 Å². The van der Waals surface area contributed by atoms with Crippen LogP contribution in [0.15, 0.2) is 59.2 Å². The van der Waals surface area contributed by atoms with E-state index in [4.69, 9.17) is 4.42 Å². The molecule has 0 aliphatic rings. The third-order valence-electron chi connectivity index (χ3n) is 3.47. The minimum atomic E-state index is -1.21. The molecule has 0 saturated carbocycles. The van der Waals surface area contributed by atoms with Gasteiger partial charge in [-0.25, -0.2) is 4.79 Å². The highest BCUT2D eigenvalue weighted by molar-refractivity contribution is 7.18. The number of nitrogens with one attached hydrogen (secondary N) is 1. The number of hydrogen-bond donors (Lipinski definition) is 2. The SMILES string of the molecule is O=C(/C=C/c1ccco1)Nc1cc(-c2cccc([N+](=O)[O-])c2)sc1C(=O)O. The van der Waals surface area contributed by atoms with Crippen LogP contribution in [-0.4, -0.2) is 21.9 Å². The van der Waals surface area contributed by atoms with E-state index in [1.165, 1.54) is 42.7 Å². The molecule has 27 heavy (non-hydrogen) atoms. The highest BCUT2D eigenvalue weighted by Crippen LogP contribution is 2.36. The van der Waals surface area contributed by atoms with Crippen molar-refractivity contribution in [1.82, 2.24) is 0 Å². The molecule has 3 aromatic rings. The van der Waals surface area contributed by atoms with Crippen LogP contribution in [0.2, 0.25) is 0 Å². The van der Waals surface area contributed by atoms with Crippen LogP contribution < -0.4 is 5.32 Å². The second-order valence-corrected chi connectivity index (χ2v) is 6.36. The van der Waals surface area contributed by atoms with Crippen LogP contribution in [0.4, 0.5) is 11.4 Å². The second-order valence-electron chi connectivity index (χ2n) is 5.30. The number of benzene rings is 1. The van der Waals surface area contributed by atoms with Crippen LogP contribution in [0, 0.1) is 10.1 Å². The topological polar surface area (TPSA) is 123 Å². The molecule has 2 aromatic heterocycles. The number of non-ortho nitro benzene ring substituents is 1. The summed E-state index contributed by atoms with van der Waals surface area (Å²) in [5.41, 5.74) is 0.496. The van der Waals surface area contributed by atoms with Gasteiger partial charge in [0.1, 0.15) is 10.6 Å². The lowest BCUT2D eigenvalue weighted by Gasteiger charge is -2.00. The van der Waals surface area contributed by atoms with Gasteiger partial charge in [0, 0.05) is 23.1 Å². The predicted octanol–water partition coefficient (Wildman–Crippen LogP) is 4.27. The number of amides is 1. The number of carboxylic acids is 1. The number of nitrogens with zero attached hydrogens (tertiary/aromatic N) is 1. The number of carboxylic acid groups (broad SMARTS) is 1. The van der Waals surface area contributed by atoms with Gasteiger partial charge in [-0.3, -0.25) is 14.9 Å². The molecule has 0 fully saturated rings. The first-order valence-corrected chi connectivity index (χ1v) is 8.40. The van der Waals surface area contributed by atoms with Gasteiger partial charge in [-0.15, -0.1) is 11.3 Å². The second kappa shape index (κ2) is 7.67. The first-order chi connectivity index (χ1) is 12.9. The minimum absolute atomic E-state index is 0.0729. The van der Waals surface area contributed by atoms with Crippen molar-refractivity contribution in [2.75, 3.05) is 5.32 Å². The summed E-state index contributed by atoms with van der Waals surface area (Å²) in [4.78, 5) is 34.3. The molecular formula is C18H12N2O6S. The van der Waals surface area contributed by atoms with E-state index in [0.29, 0.717) is 16.2 Å². The smallest absolute Gasteiger partial charge is 0.348 e. The molecular weight excluding hydrogens is 372 g/mol. The molecule has 8 nitrogen and oxygen atoms in total. The number of aromatic carboxylic acids is 1. The maximum Gasteiger partial charge on any atom is 0.348 e. The van der Waals surface area contributed by atoms with Gasteiger partial charge in [-0.2, -0.15) is 0 Å². The highest BCUT2D eigenvalue weighted by atomic mass is 32.1. The number of thiophene rings is 1. The van der Waals surface area contributed by atoms with Crippen LogP contribution in [-0.2, 0) is 4.79 Å². The normalized spacial score (nSPS) is 10.8. The maximum atomic E-state index is 12.1. The lowest BCUT2D eigenvalue weighted by atomic mass is 10.1. The number of rotatable bonds is 6. The molecule has 1 aromatic carbocycles. The van der Waals surface area contributed by atoms with Crippen molar-refractivity contribution in [3.63, 3.8) is 0 Å². The number of nitro groups is 1. The molecule has 2 heterocycles. The minimum Gasteiger partial charge on any atom is -0.477 e. The van der Waals surface area contributed by atoms with Crippen LogP contribution >= 0.6 is 11.3 Å². The Bertz CT molecular complexity index is 1040. The first-order valence-electron chi connectivity index (χ1n) is 7.58. The molecule has 0 saturated heterocycles. The Morgan fingerprint density at radius 2 is 2.04 bits per heavy atom. The van der Waals surface area contributed by atoms with Gasteiger partial charge in [-0.05, 0) is 29.8 Å². The quantitative estimate of drug-likeness (QED) is 0.372. The number of carbonyl (C=O) groups is 2. The Morgan fingerprint density at radius 1 is 1.22 bits per heavy atom. The summed E-state index contributed by atoms with van der Waals surface area (Å²) >= 11 is 0.919. The molecule has 9 heteroatoms. The Morgan fingerprint density at radius 3 is 2.70 bits per heavy atom. The summed E-state index contributed by atoms with van der Waals surface area (Å²) < 4.78 is 5.07. The molecule has 136 valence electrons. The molecule has 2 N–H and O–H groups in total. The predicted molar refractivity (Wildman–Crippen MR) is 99.7 cm³/mol. The van der Waals surface area contributed by atoms with Crippen molar-refractivity contribution in [2.24, 2.45) is 0 Å². The number of nitro benzene ring substituents is 1. The van der Waals surface area contributed by atoms with Gasteiger partial charge >= 0.3 is 5.97 Å². The number of hydrogen-bond acceptors (Lipinski definition) is 6. The first kappa shape index (κ1) is 18.1. The van der Waals surface area contributed by atoms with Crippen molar-refractivity contribution >= 4 is 40.7 Å². The zero-order valence-corrected chi connectivity index (χ0v) is 14.4. The lowest BCUT2D eigenvalue weighted by molar-refractivity contribution is -0.384. The van der Waals surface area contributed by atoms with Crippen molar-refractivity contribution < 1.29 is 24.0 Å². The summed E-state index contributed by atoms with van der Waals surface area (Å²) in [7, 11) is 0. The molecule has 0 atom stereocenters. The van der Waals surface area contributed by atoms with E-state index in [-0.39, 0.29) is 16.3 Å². The van der Waals surface area contributed by atoms with Crippen molar-refractivity contribution in [2.45, 2.75) is 0 Å². The number of carbonyl (C=O) groups excluding carboxylic acids is 1. The summed E-state index contributed by atoms with van der Waals surface area (Å²) in [6.45, 7) is 0. The average molecular weight is 384 g/mol. The maximum absolute atomic E-state index is 12.1. The zero-order valence-electron chi connectivity index (χ0n) is 13.6. The summed E-state index contributed by atoms with van der Waals surface area (Å²) in [5, 5.41) is 22.8. The van der Waals surface area contributed by atoms with E-state index in [1.807, 2.05) is 0 Å². The van der Waals surface area contributed by atoms with Gasteiger partial charge in [-0.1, -0.05) is 12.1 Å². The van der Waals surface area contributed by atoms with E-state index in [1.54, 1.807) is 18.2 Å². The monoisotopic (exact) mass is 384 g/mol. The molecule has 0 spiro atoms. The van der Waals surface area contributed by atoms with Gasteiger partial charge in [0.15, 0.2) is 0 Å². The standard InChI is InChI=1S/C18H12N2O6S/c21-16(7-6-13-5-2-8-26-13)19-14-10-15(27-17(14)18(22)23)11-3-1-4-12(9-11)20(24)25/h1-10H,(H,19,21)(H,22,23)/b7-6+. The van der Waals surface area contributed by atoms with E-state index in [9.17, 15) is 24.8 Å². The largest absolute Gasteiger partial charge is 0.477 e.